The molecule has 0 atom stereocenters. The van der Waals surface area contributed by atoms with Crippen molar-refractivity contribution >= 4 is 11.6 Å². The number of ether oxygens (including phenoxy) is 1. The first-order chi connectivity index (χ1) is 9.74. The van der Waals surface area contributed by atoms with Crippen LogP contribution in [0.3, 0.4) is 0 Å². The zero-order chi connectivity index (χ0) is 15.6. The maximum atomic E-state index is 12.1. The molecule has 1 amide bonds. The number of hydrogen-bond acceptors (Lipinski definition) is 4. The molecular formula is C13H11F3N2O3. The van der Waals surface area contributed by atoms with Crippen LogP contribution in [0.1, 0.15) is 22.1 Å². The lowest BCUT2D eigenvalue weighted by molar-refractivity contribution is -0.274. The van der Waals surface area contributed by atoms with E-state index >= 15 is 0 Å². The summed E-state index contributed by atoms with van der Waals surface area (Å²) in [6, 6.07) is 4.96. The van der Waals surface area contributed by atoms with Gasteiger partial charge in [-0.25, -0.2) is 4.98 Å². The molecule has 0 radical (unpaired) electrons. The summed E-state index contributed by atoms with van der Waals surface area (Å²) in [5, 5.41) is 2.43. The molecule has 0 aliphatic carbocycles. The van der Waals surface area contributed by atoms with Crippen molar-refractivity contribution in [2.24, 2.45) is 0 Å². The summed E-state index contributed by atoms with van der Waals surface area (Å²) in [4.78, 5) is 15.8. The van der Waals surface area contributed by atoms with Gasteiger partial charge in [0.25, 0.3) is 5.91 Å². The Kier molecular flexibility index (Phi) is 3.88. The highest BCUT2D eigenvalue weighted by atomic mass is 19.4. The Morgan fingerprint density at radius 3 is 2.62 bits per heavy atom. The average molecular weight is 300 g/mol. The van der Waals surface area contributed by atoms with Crippen LogP contribution in [0.2, 0.25) is 0 Å². The number of carbonyl (C=O) groups is 1. The topological polar surface area (TPSA) is 64.4 Å². The van der Waals surface area contributed by atoms with E-state index in [9.17, 15) is 18.0 Å². The Labute approximate surface area is 117 Å². The molecule has 0 saturated heterocycles. The highest BCUT2D eigenvalue weighted by Crippen LogP contribution is 2.25. The molecule has 0 spiro atoms. The molecule has 0 unspecified atom stereocenters. The number of nitrogens with one attached hydrogen (secondary N) is 1. The van der Waals surface area contributed by atoms with E-state index in [1.165, 1.54) is 12.1 Å². The Hall–Kier alpha value is -2.51. The number of carbonyl (C=O) groups excluding carboxylic acids is 1. The Balaban J connectivity index is 2.14. The van der Waals surface area contributed by atoms with Gasteiger partial charge in [-0.15, -0.1) is 13.2 Å². The number of halogens is 3. The lowest BCUT2D eigenvalue weighted by atomic mass is 10.2. The molecule has 2 rings (SSSR count). The molecule has 21 heavy (non-hydrogen) atoms. The van der Waals surface area contributed by atoms with Gasteiger partial charge in [0.05, 0.1) is 0 Å². The highest BCUT2D eigenvalue weighted by Gasteiger charge is 2.31. The van der Waals surface area contributed by atoms with E-state index in [0.29, 0.717) is 11.7 Å². The van der Waals surface area contributed by atoms with Crippen molar-refractivity contribution in [3.05, 3.63) is 41.6 Å². The molecule has 0 saturated carbocycles. The smallest absolute Gasteiger partial charge is 0.445 e. The molecule has 0 fully saturated rings. The van der Waals surface area contributed by atoms with Gasteiger partial charge in [-0.05, 0) is 19.1 Å². The maximum Gasteiger partial charge on any atom is 0.573 e. The molecular weight excluding hydrogens is 289 g/mol. The summed E-state index contributed by atoms with van der Waals surface area (Å²) in [5.41, 5.74) is 0.233. The Bertz CT molecular complexity index is 665. The van der Waals surface area contributed by atoms with Crippen LogP contribution in [0.4, 0.5) is 18.9 Å². The summed E-state index contributed by atoms with van der Waals surface area (Å²) in [7, 11) is 0. The van der Waals surface area contributed by atoms with Crippen molar-refractivity contribution in [3.63, 3.8) is 0 Å². The summed E-state index contributed by atoms with van der Waals surface area (Å²) in [5.74, 6) is -0.346. The monoisotopic (exact) mass is 300 g/mol. The lowest BCUT2D eigenvalue weighted by Crippen LogP contribution is -2.17. The lowest BCUT2D eigenvalue weighted by Gasteiger charge is -2.10. The van der Waals surface area contributed by atoms with Gasteiger partial charge in [0.15, 0.2) is 11.6 Å². The fourth-order valence-corrected chi connectivity index (χ4v) is 1.70. The van der Waals surface area contributed by atoms with Gasteiger partial charge < -0.3 is 14.5 Å². The number of aryl methyl sites for hydroxylation is 2. The van der Waals surface area contributed by atoms with Gasteiger partial charge in [-0.2, -0.15) is 0 Å². The minimum absolute atomic E-state index is 0.0784. The molecule has 8 heteroatoms. The highest BCUT2D eigenvalue weighted by molar-refractivity contribution is 6.03. The van der Waals surface area contributed by atoms with Crippen molar-refractivity contribution in [2.75, 3.05) is 5.32 Å². The second-order valence-corrected chi connectivity index (χ2v) is 4.17. The predicted octanol–water partition coefficient (Wildman–Crippen LogP) is 3.44. The zero-order valence-electron chi connectivity index (χ0n) is 11.1. The third-order valence-corrected chi connectivity index (χ3v) is 2.44. The largest absolute Gasteiger partial charge is 0.573 e. The third kappa shape index (κ3) is 3.98. The molecule has 112 valence electrons. The van der Waals surface area contributed by atoms with E-state index in [1.54, 1.807) is 13.8 Å². The molecule has 5 nitrogen and oxygen atoms in total. The van der Waals surface area contributed by atoms with Crippen LogP contribution in [0.25, 0.3) is 0 Å². The number of aromatic nitrogens is 1. The average Bonchev–Trinajstić information content (AvgIpc) is 2.66. The normalized spacial score (nSPS) is 11.3. The van der Waals surface area contributed by atoms with Crippen molar-refractivity contribution < 1.29 is 27.1 Å². The number of amides is 1. The van der Waals surface area contributed by atoms with Gasteiger partial charge in [0, 0.05) is 18.7 Å². The van der Waals surface area contributed by atoms with Crippen molar-refractivity contribution in [1.29, 1.82) is 0 Å². The molecule has 1 aromatic heterocycles. The third-order valence-electron chi connectivity index (χ3n) is 2.44. The molecule has 1 N–H and O–H groups in total. The van der Waals surface area contributed by atoms with Crippen LogP contribution in [0.15, 0.2) is 28.7 Å². The van der Waals surface area contributed by atoms with Crippen molar-refractivity contribution in [3.8, 4) is 5.75 Å². The maximum absolute atomic E-state index is 12.1. The number of oxazole rings is 1. The van der Waals surface area contributed by atoms with Gasteiger partial charge in [-0.3, -0.25) is 4.79 Å². The van der Waals surface area contributed by atoms with E-state index < -0.39 is 18.0 Å². The molecule has 0 aliphatic rings. The van der Waals surface area contributed by atoms with Crippen LogP contribution < -0.4 is 10.1 Å². The van der Waals surface area contributed by atoms with E-state index in [1.807, 2.05) is 0 Å². The van der Waals surface area contributed by atoms with Crippen LogP contribution in [-0.4, -0.2) is 17.3 Å². The van der Waals surface area contributed by atoms with E-state index in [2.05, 4.69) is 15.0 Å². The van der Waals surface area contributed by atoms with Crippen molar-refractivity contribution in [1.82, 2.24) is 4.98 Å². The number of hydrogen-bond donors (Lipinski definition) is 1. The number of alkyl halides is 3. The number of nitrogens with zero attached hydrogens (tertiary/aromatic N) is 1. The van der Waals surface area contributed by atoms with Crippen LogP contribution >= 0.6 is 0 Å². The Morgan fingerprint density at radius 2 is 2.05 bits per heavy atom. The Morgan fingerprint density at radius 1 is 1.33 bits per heavy atom. The number of benzene rings is 1. The van der Waals surface area contributed by atoms with Crippen LogP contribution in [0.5, 0.6) is 5.75 Å². The van der Waals surface area contributed by atoms with Crippen LogP contribution in [0, 0.1) is 13.8 Å². The van der Waals surface area contributed by atoms with E-state index in [-0.39, 0.29) is 11.4 Å². The molecule has 1 heterocycles. The van der Waals surface area contributed by atoms with Gasteiger partial charge in [0.2, 0.25) is 0 Å². The minimum atomic E-state index is -4.79. The first-order valence-electron chi connectivity index (χ1n) is 5.86. The van der Waals surface area contributed by atoms with Crippen LogP contribution in [-0.2, 0) is 0 Å². The van der Waals surface area contributed by atoms with E-state index in [4.69, 9.17) is 4.42 Å². The second-order valence-electron chi connectivity index (χ2n) is 4.17. The molecule has 0 bridgehead atoms. The summed E-state index contributed by atoms with van der Waals surface area (Å²) in [6.07, 6.45) is -4.79. The minimum Gasteiger partial charge on any atom is -0.445 e. The predicted molar refractivity (Wildman–Crippen MR) is 67.1 cm³/mol. The summed E-state index contributed by atoms with van der Waals surface area (Å²) in [6.45, 7) is 3.15. The fraction of sp³-hybridized carbons (Fsp3) is 0.231. The number of anilines is 1. The van der Waals surface area contributed by atoms with Crippen molar-refractivity contribution in [2.45, 2.75) is 20.2 Å². The summed E-state index contributed by atoms with van der Waals surface area (Å²) < 4.78 is 45.3. The fourth-order valence-electron chi connectivity index (χ4n) is 1.70. The van der Waals surface area contributed by atoms with E-state index in [0.717, 1.165) is 12.1 Å². The van der Waals surface area contributed by atoms with Gasteiger partial charge in [-0.1, -0.05) is 6.07 Å². The first-order valence-corrected chi connectivity index (χ1v) is 5.86. The molecule has 0 aliphatic heterocycles. The second kappa shape index (κ2) is 5.47. The molecule has 2 aromatic rings. The SMILES string of the molecule is Cc1nc(C(=O)Nc2cccc(OC(F)(F)F)c2)c(C)o1. The van der Waals surface area contributed by atoms with Gasteiger partial charge >= 0.3 is 6.36 Å². The first kappa shape index (κ1) is 14.9. The summed E-state index contributed by atoms with van der Waals surface area (Å²) >= 11 is 0. The number of rotatable bonds is 3. The zero-order valence-corrected chi connectivity index (χ0v) is 11.1. The van der Waals surface area contributed by atoms with Gasteiger partial charge in [0.1, 0.15) is 11.5 Å². The standard InChI is InChI=1S/C13H11F3N2O3/c1-7-11(17-8(2)20-7)12(19)18-9-4-3-5-10(6-9)21-13(14,15)16/h3-6H,1-2H3,(H,18,19). The quantitative estimate of drug-likeness (QED) is 0.943. The molecule has 1 aromatic carbocycles.